The molecule has 128 valence electrons. The third-order valence-corrected chi connectivity index (χ3v) is 3.78. The predicted molar refractivity (Wildman–Crippen MR) is 93.8 cm³/mol. The average Bonchev–Trinajstić information content (AvgIpc) is 3.14. The van der Waals surface area contributed by atoms with E-state index in [9.17, 15) is 14.3 Å². The summed E-state index contributed by atoms with van der Waals surface area (Å²) in [5.41, 5.74) is -0.688. The van der Waals surface area contributed by atoms with Crippen LogP contribution in [0.25, 0.3) is 20.8 Å². The fraction of sp³-hybridized carbons (Fsp3) is 0.111. The number of phenolic OH excluding ortho intramolecular Hbond substituents is 1. The van der Waals surface area contributed by atoms with Crippen LogP contribution in [0.2, 0.25) is 0 Å². The number of aliphatic imine (C=N–C) groups is 1. The summed E-state index contributed by atoms with van der Waals surface area (Å²) < 4.78 is 14.7. The maximum atomic E-state index is 14.7. The number of hydrogen-bond donors (Lipinski definition) is 3. The van der Waals surface area contributed by atoms with Crippen molar-refractivity contribution in [2.75, 3.05) is 13.1 Å². The summed E-state index contributed by atoms with van der Waals surface area (Å²) in [6.07, 6.45) is 0. The van der Waals surface area contributed by atoms with Crippen molar-refractivity contribution in [3.8, 4) is 16.9 Å². The Hall–Kier alpha value is -3.91. The molecule has 2 aromatic carbocycles. The number of amides is 1. The molecule has 0 saturated heterocycles. The molecule has 2 aromatic rings. The van der Waals surface area contributed by atoms with Crippen molar-refractivity contribution >= 4 is 23.2 Å². The summed E-state index contributed by atoms with van der Waals surface area (Å²) in [5, 5.41) is 15.6. The second kappa shape index (κ2) is 6.91. The molecule has 1 heterocycles. The van der Waals surface area contributed by atoms with Crippen molar-refractivity contribution in [2.24, 2.45) is 4.99 Å². The van der Waals surface area contributed by atoms with Crippen molar-refractivity contribution in [1.29, 1.82) is 0 Å². The van der Waals surface area contributed by atoms with E-state index in [2.05, 4.69) is 25.3 Å². The highest BCUT2D eigenvalue weighted by Crippen LogP contribution is 2.41. The number of carbonyl (C=O) groups is 1. The van der Waals surface area contributed by atoms with Gasteiger partial charge in [-0.15, -0.1) is 0 Å². The van der Waals surface area contributed by atoms with Gasteiger partial charge < -0.3 is 10.4 Å². The van der Waals surface area contributed by atoms with Gasteiger partial charge in [-0.05, 0) is 11.6 Å². The van der Waals surface area contributed by atoms with E-state index in [1.165, 1.54) is 30.3 Å². The number of aromatic hydroxyl groups is 1. The minimum atomic E-state index is -0.858. The number of nitrogens with one attached hydrogen (secondary N) is 2. The monoisotopic (exact) mass is 349 g/mol. The number of benzene rings is 2. The molecule has 3 N–H and O–H groups in total. The standard InChI is InChI=1S/C18H12FN5O2/c1-20-11-6-7-13(25)15(17(26)24-18-22-8-9-23-18)14(11)10-4-3-5-12(21-2)16(10)19/h3-7,25H,8-9H2,(H2,22,23,24,26). The van der Waals surface area contributed by atoms with E-state index in [1.807, 2.05) is 0 Å². The second-order valence-corrected chi connectivity index (χ2v) is 5.33. The van der Waals surface area contributed by atoms with Gasteiger partial charge in [0.25, 0.3) is 5.91 Å². The lowest BCUT2D eigenvalue weighted by Crippen LogP contribution is -2.38. The summed E-state index contributed by atoms with van der Waals surface area (Å²) in [6, 6.07) is 6.60. The van der Waals surface area contributed by atoms with Crippen LogP contribution in [0.3, 0.4) is 0 Å². The van der Waals surface area contributed by atoms with E-state index >= 15 is 0 Å². The van der Waals surface area contributed by atoms with Crippen molar-refractivity contribution in [1.82, 2.24) is 10.6 Å². The summed E-state index contributed by atoms with van der Waals surface area (Å²) >= 11 is 0. The molecule has 0 aromatic heterocycles. The maximum absolute atomic E-state index is 14.7. The van der Waals surface area contributed by atoms with Crippen molar-refractivity contribution in [3.63, 3.8) is 0 Å². The van der Waals surface area contributed by atoms with Crippen LogP contribution in [0.15, 0.2) is 35.3 Å². The molecule has 0 aliphatic carbocycles. The van der Waals surface area contributed by atoms with Gasteiger partial charge in [-0.2, -0.15) is 0 Å². The number of guanidine groups is 1. The van der Waals surface area contributed by atoms with Gasteiger partial charge in [0.2, 0.25) is 5.69 Å². The normalized spacial score (nSPS) is 12.5. The molecule has 1 aliphatic rings. The molecule has 1 aliphatic heterocycles. The van der Waals surface area contributed by atoms with Gasteiger partial charge in [0, 0.05) is 12.1 Å². The van der Waals surface area contributed by atoms with Crippen LogP contribution in [0, 0.1) is 19.0 Å². The van der Waals surface area contributed by atoms with Crippen LogP contribution in [0.5, 0.6) is 5.75 Å². The third kappa shape index (κ3) is 2.92. The van der Waals surface area contributed by atoms with Crippen molar-refractivity contribution < 1.29 is 14.3 Å². The highest BCUT2D eigenvalue weighted by molar-refractivity contribution is 6.13. The first-order chi connectivity index (χ1) is 12.6. The van der Waals surface area contributed by atoms with Crippen molar-refractivity contribution in [2.45, 2.75) is 0 Å². The fourth-order valence-electron chi connectivity index (χ4n) is 2.63. The summed E-state index contributed by atoms with van der Waals surface area (Å²) in [7, 11) is 0. The van der Waals surface area contributed by atoms with E-state index in [0.29, 0.717) is 13.1 Å². The fourth-order valence-corrected chi connectivity index (χ4v) is 2.63. The smallest absolute Gasteiger partial charge is 0.261 e. The molecule has 0 unspecified atom stereocenters. The Bertz CT molecular complexity index is 1020. The molecule has 26 heavy (non-hydrogen) atoms. The van der Waals surface area contributed by atoms with E-state index in [-0.39, 0.29) is 34.0 Å². The zero-order chi connectivity index (χ0) is 18.7. The first-order valence-corrected chi connectivity index (χ1v) is 7.56. The lowest BCUT2D eigenvalue weighted by Gasteiger charge is -2.15. The molecule has 3 rings (SSSR count). The Labute approximate surface area is 148 Å². The Morgan fingerprint density at radius 2 is 2.00 bits per heavy atom. The average molecular weight is 349 g/mol. The van der Waals surface area contributed by atoms with Crippen LogP contribution >= 0.6 is 0 Å². The lowest BCUT2D eigenvalue weighted by atomic mass is 9.95. The molecule has 0 fully saturated rings. The largest absolute Gasteiger partial charge is 0.507 e. The van der Waals surface area contributed by atoms with E-state index in [4.69, 9.17) is 13.1 Å². The van der Waals surface area contributed by atoms with E-state index in [0.717, 1.165) is 0 Å². The van der Waals surface area contributed by atoms with Gasteiger partial charge in [-0.3, -0.25) is 15.1 Å². The number of halogens is 1. The van der Waals surface area contributed by atoms with Crippen LogP contribution < -0.4 is 10.6 Å². The quantitative estimate of drug-likeness (QED) is 0.729. The molecule has 1 amide bonds. The molecule has 0 atom stereocenters. The van der Waals surface area contributed by atoms with Crippen LogP contribution in [0.1, 0.15) is 10.4 Å². The first kappa shape index (κ1) is 16.9. The highest BCUT2D eigenvalue weighted by atomic mass is 19.1. The van der Waals surface area contributed by atoms with Crippen molar-refractivity contribution in [3.05, 3.63) is 64.5 Å². The topological polar surface area (TPSA) is 82.4 Å². The molecule has 0 bridgehead atoms. The number of rotatable bonds is 2. The SMILES string of the molecule is [C-]#[N+]c1cccc(-c2c([N+]#[C-])ccc(O)c2C(=O)NC2=NCCN2)c1F. The predicted octanol–water partition coefficient (Wildman–Crippen LogP) is 2.99. The van der Waals surface area contributed by atoms with E-state index in [1.54, 1.807) is 0 Å². The number of carbonyl (C=O) groups excluding carboxylic acids is 1. The van der Waals surface area contributed by atoms with Gasteiger partial charge in [0.1, 0.15) is 11.6 Å². The van der Waals surface area contributed by atoms with Gasteiger partial charge in [-0.25, -0.2) is 14.1 Å². The zero-order valence-electron chi connectivity index (χ0n) is 13.4. The molecule has 0 spiro atoms. The Morgan fingerprint density at radius 3 is 2.65 bits per heavy atom. The third-order valence-electron chi connectivity index (χ3n) is 3.78. The van der Waals surface area contributed by atoms with Crippen LogP contribution in [0.4, 0.5) is 15.8 Å². The number of nitrogens with zero attached hydrogens (tertiary/aromatic N) is 3. The minimum absolute atomic E-state index is 0.0182. The number of phenols is 1. The molecule has 7 nitrogen and oxygen atoms in total. The lowest BCUT2D eigenvalue weighted by molar-refractivity contribution is 0.0974. The molecule has 0 saturated carbocycles. The molecule has 8 heteroatoms. The Morgan fingerprint density at radius 1 is 1.23 bits per heavy atom. The maximum Gasteiger partial charge on any atom is 0.261 e. The Kier molecular flexibility index (Phi) is 4.50. The minimum Gasteiger partial charge on any atom is -0.507 e. The molecule has 0 radical (unpaired) electrons. The molecular weight excluding hydrogens is 337 g/mol. The summed E-state index contributed by atoms with van der Waals surface area (Å²) in [4.78, 5) is 23.1. The van der Waals surface area contributed by atoms with Gasteiger partial charge in [0.15, 0.2) is 11.6 Å². The summed E-state index contributed by atoms with van der Waals surface area (Å²) in [6.45, 7) is 15.4. The Balaban J connectivity index is 2.21. The zero-order valence-corrected chi connectivity index (χ0v) is 13.4. The van der Waals surface area contributed by atoms with Crippen LogP contribution in [-0.2, 0) is 0 Å². The van der Waals surface area contributed by atoms with Gasteiger partial charge in [0.05, 0.1) is 25.3 Å². The highest BCUT2D eigenvalue weighted by Gasteiger charge is 2.25. The molecular formula is C18H12FN5O2. The van der Waals surface area contributed by atoms with Crippen LogP contribution in [-0.4, -0.2) is 30.1 Å². The first-order valence-electron chi connectivity index (χ1n) is 7.56. The van der Waals surface area contributed by atoms with Gasteiger partial charge >= 0.3 is 0 Å². The number of hydrogen-bond acceptors (Lipinski definition) is 4. The summed E-state index contributed by atoms with van der Waals surface area (Å²) in [5.74, 6) is -1.76. The van der Waals surface area contributed by atoms with Gasteiger partial charge in [-0.1, -0.05) is 24.3 Å². The van der Waals surface area contributed by atoms with E-state index < -0.39 is 17.5 Å². The second-order valence-electron chi connectivity index (χ2n) is 5.33.